The van der Waals surface area contributed by atoms with E-state index in [0.29, 0.717) is 6.04 Å². The quantitative estimate of drug-likeness (QED) is 0.851. The van der Waals surface area contributed by atoms with Crippen LogP contribution in [-0.4, -0.2) is 6.54 Å². The molecule has 2 aromatic rings. The number of benzene rings is 2. The van der Waals surface area contributed by atoms with E-state index >= 15 is 0 Å². The summed E-state index contributed by atoms with van der Waals surface area (Å²) in [7, 11) is 0. The summed E-state index contributed by atoms with van der Waals surface area (Å²) >= 11 is 0. The van der Waals surface area contributed by atoms with E-state index < -0.39 is 0 Å². The molecule has 2 aromatic carbocycles. The molecule has 0 spiro atoms. The van der Waals surface area contributed by atoms with Crippen molar-refractivity contribution in [1.29, 1.82) is 0 Å². The molecule has 0 aromatic heterocycles. The summed E-state index contributed by atoms with van der Waals surface area (Å²) in [6, 6.07) is 18.1. The van der Waals surface area contributed by atoms with Crippen LogP contribution >= 0.6 is 0 Å². The summed E-state index contributed by atoms with van der Waals surface area (Å²) < 4.78 is 0. The van der Waals surface area contributed by atoms with Crippen LogP contribution in [0.15, 0.2) is 48.5 Å². The van der Waals surface area contributed by atoms with Gasteiger partial charge in [0.05, 0.1) is 6.04 Å². The molecule has 1 saturated carbocycles. The van der Waals surface area contributed by atoms with E-state index in [1.54, 1.807) is 0 Å². The molecular formula is C20H23N. The molecule has 2 atom stereocenters. The van der Waals surface area contributed by atoms with Gasteiger partial charge >= 0.3 is 0 Å². The Morgan fingerprint density at radius 1 is 0.905 bits per heavy atom. The van der Waals surface area contributed by atoms with E-state index in [1.165, 1.54) is 41.5 Å². The third-order valence-corrected chi connectivity index (χ3v) is 5.46. The molecule has 2 aliphatic carbocycles. The lowest BCUT2D eigenvalue weighted by molar-refractivity contribution is 0.381. The number of hydrogen-bond donors (Lipinski definition) is 1. The molecule has 1 heteroatoms. The van der Waals surface area contributed by atoms with Crippen LogP contribution in [-0.2, 0) is 0 Å². The first-order chi connectivity index (χ1) is 10.3. The van der Waals surface area contributed by atoms with Crippen molar-refractivity contribution in [3.63, 3.8) is 0 Å². The predicted octanol–water partition coefficient (Wildman–Crippen LogP) is 4.78. The summed E-state index contributed by atoms with van der Waals surface area (Å²) in [5.74, 6) is 1.73. The number of fused-ring (bicyclic) bond motifs is 3. The molecule has 21 heavy (non-hydrogen) atoms. The number of rotatable bonds is 3. The van der Waals surface area contributed by atoms with Crippen LogP contribution in [0.3, 0.4) is 0 Å². The minimum atomic E-state index is 0.380. The Morgan fingerprint density at radius 2 is 1.52 bits per heavy atom. The van der Waals surface area contributed by atoms with Crippen molar-refractivity contribution in [2.24, 2.45) is 11.8 Å². The minimum Gasteiger partial charge on any atom is -0.306 e. The average molecular weight is 277 g/mol. The molecular weight excluding hydrogens is 254 g/mol. The molecule has 1 N–H and O–H groups in total. The topological polar surface area (TPSA) is 12.0 Å². The van der Waals surface area contributed by atoms with E-state index in [9.17, 15) is 0 Å². The molecule has 108 valence electrons. The van der Waals surface area contributed by atoms with Crippen molar-refractivity contribution in [3.8, 4) is 11.1 Å². The normalized spacial score (nSPS) is 24.0. The zero-order valence-corrected chi connectivity index (χ0v) is 12.7. The molecule has 0 radical (unpaired) electrons. The zero-order valence-electron chi connectivity index (χ0n) is 12.7. The van der Waals surface area contributed by atoms with Gasteiger partial charge in [0, 0.05) is 0 Å². The van der Waals surface area contributed by atoms with Gasteiger partial charge in [-0.1, -0.05) is 68.3 Å². The van der Waals surface area contributed by atoms with Crippen LogP contribution in [0.4, 0.5) is 0 Å². The van der Waals surface area contributed by atoms with Gasteiger partial charge in [-0.3, -0.25) is 0 Å². The maximum absolute atomic E-state index is 3.87. The van der Waals surface area contributed by atoms with E-state index in [2.05, 4.69) is 60.8 Å². The number of hydrogen-bond acceptors (Lipinski definition) is 1. The molecule has 4 rings (SSSR count). The largest absolute Gasteiger partial charge is 0.306 e. The summed E-state index contributed by atoms with van der Waals surface area (Å²) in [4.78, 5) is 0. The van der Waals surface area contributed by atoms with Gasteiger partial charge in [-0.2, -0.15) is 0 Å². The lowest BCUT2D eigenvalue weighted by Crippen LogP contribution is -2.28. The fourth-order valence-electron chi connectivity index (χ4n) is 4.17. The van der Waals surface area contributed by atoms with E-state index in [0.717, 1.165) is 18.4 Å². The lowest BCUT2D eigenvalue weighted by Gasteiger charge is -2.21. The Bertz CT molecular complexity index is 600. The van der Waals surface area contributed by atoms with Crippen molar-refractivity contribution in [2.45, 2.75) is 32.2 Å². The first-order valence-corrected chi connectivity index (χ1v) is 8.26. The van der Waals surface area contributed by atoms with Gasteiger partial charge in [-0.25, -0.2) is 0 Å². The fraction of sp³-hybridized carbons (Fsp3) is 0.400. The Morgan fingerprint density at radius 3 is 2.10 bits per heavy atom. The molecule has 2 aliphatic rings. The van der Waals surface area contributed by atoms with Crippen LogP contribution in [0, 0.1) is 11.8 Å². The van der Waals surface area contributed by atoms with Crippen LogP contribution in [0.2, 0.25) is 0 Å². The van der Waals surface area contributed by atoms with Crippen molar-refractivity contribution >= 4 is 0 Å². The van der Waals surface area contributed by atoms with Crippen LogP contribution in [0.1, 0.15) is 43.4 Å². The third kappa shape index (κ3) is 2.20. The second-order valence-corrected chi connectivity index (χ2v) is 6.68. The average Bonchev–Trinajstić information content (AvgIpc) is 3.07. The summed E-state index contributed by atoms with van der Waals surface area (Å²) in [5.41, 5.74) is 5.71. The molecule has 2 unspecified atom stereocenters. The van der Waals surface area contributed by atoms with Gasteiger partial charge in [-0.15, -0.1) is 0 Å². The third-order valence-electron chi connectivity index (χ3n) is 5.46. The maximum atomic E-state index is 3.87. The summed E-state index contributed by atoms with van der Waals surface area (Å²) in [6.45, 7) is 3.56. The highest BCUT2D eigenvalue weighted by Crippen LogP contribution is 2.43. The van der Waals surface area contributed by atoms with Gasteiger partial charge in [-0.05, 0) is 47.1 Å². The SMILES string of the molecule is CC1CCCC1CNC1c2ccccc2-c2ccccc21. The van der Waals surface area contributed by atoms with E-state index in [-0.39, 0.29) is 0 Å². The molecule has 1 fully saturated rings. The molecule has 0 saturated heterocycles. The minimum absolute atomic E-state index is 0.380. The lowest BCUT2D eigenvalue weighted by atomic mass is 9.97. The van der Waals surface area contributed by atoms with Crippen molar-refractivity contribution in [3.05, 3.63) is 59.7 Å². The van der Waals surface area contributed by atoms with Crippen LogP contribution in [0.5, 0.6) is 0 Å². The second-order valence-electron chi connectivity index (χ2n) is 6.68. The van der Waals surface area contributed by atoms with Crippen molar-refractivity contribution < 1.29 is 0 Å². The summed E-state index contributed by atoms with van der Waals surface area (Å²) in [6.07, 6.45) is 4.21. The smallest absolute Gasteiger partial charge is 0.0589 e. The van der Waals surface area contributed by atoms with Crippen molar-refractivity contribution in [1.82, 2.24) is 5.32 Å². The van der Waals surface area contributed by atoms with Gasteiger partial charge in [0.1, 0.15) is 0 Å². The Labute approximate surface area is 127 Å². The van der Waals surface area contributed by atoms with Gasteiger partial charge in [0.25, 0.3) is 0 Å². The van der Waals surface area contributed by atoms with Gasteiger partial charge in [0.15, 0.2) is 0 Å². The first kappa shape index (κ1) is 13.1. The van der Waals surface area contributed by atoms with E-state index in [4.69, 9.17) is 0 Å². The highest BCUT2D eigenvalue weighted by atomic mass is 14.9. The monoisotopic (exact) mass is 277 g/mol. The van der Waals surface area contributed by atoms with Gasteiger partial charge in [0.2, 0.25) is 0 Å². The predicted molar refractivity (Wildman–Crippen MR) is 88.2 cm³/mol. The zero-order chi connectivity index (χ0) is 14.2. The molecule has 0 bridgehead atoms. The van der Waals surface area contributed by atoms with Gasteiger partial charge < -0.3 is 5.32 Å². The molecule has 1 nitrogen and oxygen atoms in total. The molecule has 0 amide bonds. The Kier molecular flexibility index (Phi) is 3.31. The van der Waals surface area contributed by atoms with Crippen molar-refractivity contribution in [2.75, 3.05) is 6.54 Å². The Balaban J connectivity index is 1.62. The highest BCUT2D eigenvalue weighted by molar-refractivity contribution is 5.78. The highest BCUT2D eigenvalue weighted by Gasteiger charge is 2.29. The maximum Gasteiger partial charge on any atom is 0.0589 e. The second kappa shape index (κ2) is 5.31. The molecule has 0 aliphatic heterocycles. The first-order valence-electron chi connectivity index (χ1n) is 8.26. The van der Waals surface area contributed by atoms with Crippen LogP contribution in [0.25, 0.3) is 11.1 Å². The molecule has 0 heterocycles. The standard InChI is InChI=1S/C20H23N/c1-14-7-6-8-15(14)13-21-20-18-11-4-2-9-16(18)17-10-3-5-12-19(17)20/h2-5,9-12,14-15,20-21H,6-8,13H2,1H3. The summed E-state index contributed by atoms with van der Waals surface area (Å²) in [5, 5.41) is 3.87. The number of nitrogens with one attached hydrogen (secondary N) is 1. The Hall–Kier alpha value is -1.60. The fourth-order valence-corrected chi connectivity index (χ4v) is 4.17. The van der Waals surface area contributed by atoms with E-state index in [1.807, 2.05) is 0 Å². The van der Waals surface area contributed by atoms with Crippen LogP contribution < -0.4 is 5.32 Å².